The Kier molecular flexibility index (Phi) is 7.29. The predicted molar refractivity (Wildman–Crippen MR) is 148 cm³/mol. The quantitative estimate of drug-likeness (QED) is 0.223. The maximum atomic E-state index is 13.0. The maximum Gasteiger partial charge on any atom is 0.416 e. The van der Waals surface area contributed by atoms with Gasteiger partial charge in [-0.3, -0.25) is 4.79 Å². The fourth-order valence-corrected chi connectivity index (χ4v) is 4.32. The molecule has 1 amide bonds. The lowest BCUT2D eigenvalue weighted by atomic mass is 10.1. The molecule has 202 valence electrons. The van der Waals surface area contributed by atoms with E-state index < -0.39 is 17.6 Å². The summed E-state index contributed by atoms with van der Waals surface area (Å²) >= 11 is 0. The Morgan fingerprint density at radius 2 is 1.68 bits per heavy atom. The van der Waals surface area contributed by atoms with Gasteiger partial charge in [-0.15, -0.1) is 0 Å². The van der Waals surface area contributed by atoms with Crippen molar-refractivity contribution in [3.05, 3.63) is 126 Å². The van der Waals surface area contributed by atoms with E-state index >= 15 is 0 Å². The largest absolute Gasteiger partial charge is 0.457 e. The zero-order chi connectivity index (χ0) is 28.3. The van der Waals surface area contributed by atoms with E-state index in [9.17, 15) is 18.0 Å². The van der Waals surface area contributed by atoms with Gasteiger partial charge in [0.1, 0.15) is 17.3 Å². The second kappa shape index (κ2) is 11.0. The summed E-state index contributed by atoms with van der Waals surface area (Å²) in [5, 5.41) is 2.68. The van der Waals surface area contributed by atoms with Crippen LogP contribution >= 0.6 is 0 Å². The highest BCUT2D eigenvalue weighted by Gasteiger charge is 2.30. The van der Waals surface area contributed by atoms with Gasteiger partial charge in [-0.05, 0) is 60.2 Å². The fraction of sp³-hybridized carbons (Fsp3) is 0.0968. The summed E-state index contributed by atoms with van der Waals surface area (Å²) in [6.45, 7) is 4.08. The molecule has 0 bridgehead atoms. The van der Waals surface area contributed by atoms with Crippen molar-refractivity contribution in [1.29, 1.82) is 0 Å². The van der Waals surface area contributed by atoms with E-state index in [0.29, 0.717) is 46.2 Å². The van der Waals surface area contributed by atoms with Crippen LogP contribution in [0, 0.1) is 0 Å². The van der Waals surface area contributed by atoms with Gasteiger partial charge in [0.15, 0.2) is 0 Å². The third-order valence-electron chi connectivity index (χ3n) is 6.15. The lowest BCUT2D eigenvalue weighted by Gasteiger charge is -2.11. The fourth-order valence-electron chi connectivity index (χ4n) is 4.32. The molecule has 40 heavy (non-hydrogen) atoms. The number of carbonyl (C=O) groups is 1. The number of carbonyl (C=O) groups excluding carboxylic acids is 1. The molecular formula is C31H25F3N4O2. The van der Waals surface area contributed by atoms with Crippen molar-refractivity contribution in [2.24, 2.45) is 5.73 Å². The summed E-state index contributed by atoms with van der Waals surface area (Å²) in [6.07, 6.45) is -4.45. The molecule has 0 aliphatic heterocycles. The number of imidazole rings is 1. The summed E-state index contributed by atoms with van der Waals surface area (Å²) in [5.74, 6) is 1.51. The van der Waals surface area contributed by atoms with Crippen molar-refractivity contribution < 1.29 is 22.7 Å². The number of fused-ring (bicyclic) bond motifs is 1. The van der Waals surface area contributed by atoms with Gasteiger partial charge in [-0.1, -0.05) is 49.0 Å². The van der Waals surface area contributed by atoms with Crippen LogP contribution in [-0.4, -0.2) is 15.5 Å². The Bertz CT molecular complexity index is 1690. The van der Waals surface area contributed by atoms with E-state index in [0.717, 1.165) is 23.2 Å². The lowest BCUT2D eigenvalue weighted by Crippen LogP contribution is -2.23. The number of halogens is 3. The zero-order valence-electron chi connectivity index (χ0n) is 21.3. The molecule has 0 spiro atoms. The molecule has 0 saturated heterocycles. The van der Waals surface area contributed by atoms with Crippen molar-refractivity contribution in [1.82, 2.24) is 14.9 Å². The van der Waals surface area contributed by atoms with Crippen LogP contribution in [0.5, 0.6) is 11.5 Å². The van der Waals surface area contributed by atoms with Crippen molar-refractivity contribution in [3.8, 4) is 22.9 Å². The lowest BCUT2D eigenvalue weighted by molar-refractivity contribution is -0.137. The van der Waals surface area contributed by atoms with E-state index in [2.05, 4.69) is 11.9 Å². The van der Waals surface area contributed by atoms with Crippen LogP contribution in [0.2, 0.25) is 0 Å². The van der Waals surface area contributed by atoms with E-state index in [1.165, 1.54) is 12.1 Å². The first-order valence-electron chi connectivity index (χ1n) is 12.4. The summed E-state index contributed by atoms with van der Waals surface area (Å²) in [7, 11) is 0. The van der Waals surface area contributed by atoms with E-state index in [1.807, 2.05) is 59.2 Å². The Balaban J connectivity index is 1.42. The molecule has 5 aromatic rings. The van der Waals surface area contributed by atoms with Gasteiger partial charge in [0.05, 0.1) is 23.1 Å². The first-order chi connectivity index (χ1) is 19.2. The second-order valence-electron chi connectivity index (χ2n) is 9.21. The minimum absolute atomic E-state index is 0.0539. The molecule has 5 rings (SSSR count). The number of para-hydroxylation sites is 1. The number of nitrogens with one attached hydrogen (secondary N) is 1. The molecule has 9 heteroatoms. The molecule has 0 radical (unpaired) electrons. The Hall–Kier alpha value is -5.05. The van der Waals surface area contributed by atoms with E-state index in [1.54, 1.807) is 18.2 Å². The number of amides is 1. The average molecular weight is 543 g/mol. The number of hydrogen-bond acceptors (Lipinski definition) is 4. The molecule has 0 unspecified atom stereocenters. The molecule has 1 aromatic heterocycles. The summed E-state index contributed by atoms with van der Waals surface area (Å²) in [6, 6.07) is 26.8. The van der Waals surface area contributed by atoms with Crippen LogP contribution in [0.25, 0.3) is 22.4 Å². The smallest absolute Gasteiger partial charge is 0.416 e. The van der Waals surface area contributed by atoms with Gasteiger partial charge >= 0.3 is 6.18 Å². The number of aromatic nitrogens is 2. The summed E-state index contributed by atoms with van der Waals surface area (Å²) < 4.78 is 46.9. The minimum Gasteiger partial charge on any atom is -0.457 e. The van der Waals surface area contributed by atoms with Crippen LogP contribution in [0.4, 0.5) is 13.2 Å². The Labute approximate surface area is 228 Å². The number of benzene rings is 4. The number of rotatable bonds is 8. The molecular weight excluding hydrogens is 517 g/mol. The van der Waals surface area contributed by atoms with Crippen LogP contribution in [0.15, 0.2) is 109 Å². The maximum absolute atomic E-state index is 13.0. The molecule has 0 aliphatic rings. The van der Waals surface area contributed by atoms with Crippen molar-refractivity contribution in [2.45, 2.75) is 19.3 Å². The highest BCUT2D eigenvalue weighted by atomic mass is 19.4. The Morgan fingerprint density at radius 1 is 0.925 bits per heavy atom. The third kappa shape index (κ3) is 5.99. The topological polar surface area (TPSA) is 82.2 Å². The number of hydrogen-bond donors (Lipinski definition) is 2. The second-order valence-corrected chi connectivity index (χ2v) is 9.21. The number of nitrogens with two attached hydrogens (primary N) is 1. The minimum atomic E-state index is -4.45. The van der Waals surface area contributed by atoms with Gasteiger partial charge in [0, 0.05) is 23.4 Å². The van der Waals surface area contributed by atoms with Gasteiger partial charge in [0.25, 0.3) is 5.91 Å². The van der Waals surface area contributed by atoms with Gasteiger partial charge in [-0.25, -0.2) is 4.98 Å². The highest BCUT2D eigenvalue weighted by Crippen LogP contribution is 2.31. The van der Waals surface area contributed by atoms with Gasteiger partial charge in [0.2, 0.25) is 0 Å². The van der Waals surface area contributed by atoms with Crippen molar-refractivity contribution >= 4 is 16.9 Å². The average Bonchev–Trinajstić information content (AvgIpc) is 3.29. The molecule has 1 heterocycles. The number of nitrogens with zero attached hydrogens (tertiary/aromatic N) is 2. The standard InChI is InChI=1S/C31H25F3N4O2/c1-20(35)19-38-28-14-13-23(30(39)36-18-21-7-5-9-24(15-21)31(32,33)34)17-27(28)37-29(38)22-8-6-12-26(16-22)40-25-10-3-2-4-11-25/h2-17H,1,18-19,35H2,(H,36,39). The molecule has 0 fully saturated rings. The summed E-state index contributed by atoms with van der Waals surface area (Å²) in [4.78, 5) is 17.7. The molecule has 0 aliphatic carbocycles. The molecule has 0 atom stereocenters. The van der Waals surface area contributed by atoms with E-state index in [-0.39, 0.29) is 6.54 Å². The van der Waals surface area contributed by atoms with Crippen LogP contribution in [0.3, 0.4) is 0 Å². The number of alkyl halides is 3. The predicted octanol–water partition coefficient (Wildman–Crippen LogP) is 6.92. The number of allylic oxidation sites excluding steroid dienone is 1. The summed E-state index contributed by atoms with van der Waals surface area (Å²) in [5.41, 5.74) is 8.37. The van der Waals surface area contributed by atoms with E-state index in [4.69, 9.17) is 15.5 Å². The SMILES string of the molecule is C=C(N)Cn1c(-c2cccc(Oc3ccccc3)c2)nc2cc(C(=O)NCc3cccc(C(F)(F)F)c3)ccc21. The van der Waals surface area contributed by atoms with Crippen LogP contribution in [-0.2, 0) is 19.3 Å². The first kappa shape index (κ1) is 26.6. The molecule has 0 saturated carbocycles. The Morgan fingerprint density at radius 3 is 2.42 bits per heavy atom. The monoisotopic (exact) mass is 542 g/mol. The first-order valence-corrected chi connectivity index (χ1v) is 12.4. The number of ether oxygens (including phenoxy) is 1. The van der Waals surface area contributed by atoms with Gasteiger partial charge in [-0.2, -0.15) is 13.2 Å². The molecule has 3 N–H and O–H groups in total. The molecule has 4 aromatic carbocycles. The third-order valence-corrected chi connectivity index (χ3v) is 6.15. The van der Waals surface area contributed by atoms with Crippen molar-refractivity contribution in [3.63, 3.8) is 0 Å². The van der Waals surface area contributed by atoms with Gasteiger partial charge < -0.3 is 20.4 Å². The zero-order valence-corrected chi connectivity index (χ0v) is 21.3. The normalized spacial score (nSPS) is 11.4. The van der Waals surface area contributed by atoms with Crippen LogP contribution < -0.4 is 15.8 Å². The van der Waals surface area contributed by atoms with Crippen molar-refractivity contribution in [2.75, 3.05) is 0 Å². The highest BCUT2D eigenvalue weighted by molar-refractivity contribution is 5.97. The van der Waals surface area contributed by atoms with Crippen LogP contribution in [0.1, 0.15) is 21.5 Å². The molecule has 6 nitrogen and oxygen atoms in total.